The van der Waals surface area contributed by atoms with Crippen LogP contribution in [-0.4, -0.2) is 15.5 Å². The molecule has 0 radical (unpaired) electrons. The molecule has 0 saturated carbocycles. The Kier molecular flexibility index (Phi) is 5.24. The van der Waals surface area contributed by atoms with Crippen LogP contribution in [0.25, 0.3) is 11.0 Å². The summed E-state index contributed by atoms with van der Waals surface area (Å²) in [4.78, 5) is 16.8. The van der Waals surface area contributed by atoms with E-state index in [-0.39, 0.29) is 23.4 Å². The largest absolute Gasteiger partial charge is 0.339 e. The molecule has 6 heteroatoms. The molecule has 0 saturated heterocycles. The Hall–Kier alpha value is -2.76. The van der Waals surface area contributed by atoms with Gasteiger partial charge in [0.1, 0.15) is 17.5 Å². The Morgan fingerprint density at radius 2 is 1.79 bits per heavy atom. The van der Waals surface area contributed by atoms with Crippen LogP contribution in [0.4, 0.5) is 14.6 Å². The SMILES string of the molecule is Cc1cc2c(cc(C)n2Cc2c(F)cccc2F)nc1NC(=O)CC(C)(C)C. The third kappa shape index (κ3) is 4.21. The van der Waals surface area contributed by atoms with E-state index in [4.69, 9.17) is 0 Å². The third-order valence-corrected chi connectivity index (χ3v) is 4.61. The van der Waals surface area contributed by atoms with Crippen LogP contribution in [0, 0.1) is 30.9 Å². The van der Waals surface area contributed by atoms with Crippen LogP contribution in [0.5, 0.6) is 0 Å². The molecule has 148 valence electrons. The summed E-state index contributed by atoms with van der Waals surface area (Å²) in [6.07, 6.45) is 0.388. The minimum atomic E-state index is -0.572. The Bertz CT molecular complexity index is 1030. The van der Waals surface area contributed by atoms with Crippen LogP contribution in [0.2, 0.25) is 0 Å². The Balaban J connectivity index is 1.96. The van der Waals surface area contributed by atoms with E-state index in [0.29, 0.717) is 17.8 Å². The second-order valence-electron chi connectivity index (χ2n) is 8.42. The van der Waals surface area contributed by atoms with E-state index in [2.05, 4.69) is 10.3 Å². The number of hydrogen-bond donors (Lipinski definition) is 1. The summed E-state index contributed by atoms with van der Waals surface area (Å²) in [5.74, 6) is -0.725. The predicted octanol–water partition coefficient (Wildman–Crippen LogP) is 5.35. The molecule has 0 spiro atoms. The number of nitrogens with zero attached hydrogens (tertiary/aromatic N) is 2. The van der Waals surface area contributed by atoms with Gasteiger partial charge < -0.3 is 9.88 Å². The van der Waals surface area contributed by atoms with Crippen molar-refractivity contribution in [2.24, 2.45) is 5.41 Å². The lowest BCUT2D eigenvalue weighted by atomic mass is 9.92. The molecule has 0 fully saturated rings. The molecule has 0 unspecified atom stereocenters. The van der Waals surface area contributed by atoms with Crippen molar-refractivity contribution in [1.29, 1.82) is 0 Å². The van der Waals surface area contributed by atoms with Crippen molar-refractivity contribution >= 4 is 22.8 Å². The first kappa shape index (κ1) is 20.0. The minimum absolute atomic E-state index is 0.0170. The number of halogens is 2. The van der Waals surface area contributed by atoms with Gasteiger partial charge >= 0.3 is 0 Å². The monoisotopic (exact) mass is 385 g/mol. The first-order valence-electron chi connectivity index (χ1n) is 9.25. The second-order valence-corrected chi connectivity index (χ2v) is 8.42. The maximum atomic E-state index is 14.1. The molecule has 4 nitrogen and oxygen atoms in total. The lowest BCUT2D eigenvalue weighted by molar-refractivity contribution is -0.117. The van der Waals surface area contributed by atoms with Crippen LogP contribution in [0.3, 0.4) is 0 Å². The predicted molar refractivity (Wildman–Crippen MR) is 107 cm³/mol. The fourth-order valence-corrected chi connectivity index (χ4v) is 3.24. The van der Waals surface area contributed by atoms with Crippen molar-refractivity contribution in [3.05, 3.63) is 58.8 Å². The molecule has 0 aliphatic rings. The van der Waals surface area contributed by atoms with Crippen molar-refractivity contribution < 1.29 is 13.6 Å². The summed E-state index contributed by atoms with van der Waals surface area (Å²) in [6, 6.07) is 7.61. The highest BCUT2D eigenvalue weighted by molar-refractivity contribution is 5.92. The van der Waals surface area contributed by atoms with Gasteiger partial charge in [-0.05, 0) is 49.1 Å². The molecule has 1 N–H and O–H groups in total. The zero-order chi connectivity index (χ0) is 20.6. The molecule has 0 bridgehead atoms. The van der Waals surface area contributed by atoms with Crippen LogP contribution in [0.1, 0.15) is 44.0 Å². The minimum Gasteiger partial charge on any atom is -0.339 e. The number of hydrogen-bond acceptors (Lipinski definition) is 2. The van der Waals surface area contributed by atoms with Crippen LogP contribution in [-0.2, 0) is 11.3 Å². The second kappa shape index (κ2) is 7.34. The number of amides is 1. The van der Waals surface area contributed by atoms with Crippen LogP contribution < -0.4 is 5.32 Å². The standard InChI is InChI=1S/C22H25F2N3O/c1-13-9-19-18(25-21(13)26-20(28)11-22(3,4)5)10-14(2)27(19)12-15-16(23)7-6-8-17(15)24/h6-10H,11-12H2,1-5H3,(H,25,26,28). The summed E-state index contributed by atoms with van der Waals surface area (Å²) in [7, 11) is 0. The van der Waals surface area contributed by atoms with Crippen molar-refractivity contribution in [2.75, 3.05) is 5.32 Å². The number of aromatic nitrogens is 2. The van der Waals surface area contributed by atoms with Gasteiger partial charge in [0, 0.05) is 17.7 Å². The summed E-state index contributed by atoms with van der Waals surface area (Å²) in [6.45, 7) is 9.80. The van der Waals surface area contributed by atoms with Gasteiger partial charge in [0.05, 0.1) is 17.6 Å². The molecule has 0 atom stereocenters. The van der Waals surface area contributed by atoms with Crippen molar-refractivity contribution in [1.82, 2.24) is 9.55 Å². The average molecular weight is 385 g/mol. The lowest BCUT2D eigenvalue weighted by Crippen LogP contribution is -2.20. The normalized spacial score (nSPS) is 11.8. The Morgan fingerprint density at radius 3 is 2.39 bits per heavy atom. The van der Waals surface area contributed by atoms with Gasteiger partial charge in [0.2, 0.25) is 5.91 Å². The number of nitrogens with one attached hydrogen (secondary N) is 1. The lowest BCUT2D eigenvalue weighted by Gasteiger charge is -2.17. The van der Waals surface area contributed by atoms with Gasteiger partial charge in [0.25, 0.3) is 0 Å². The fourth-order valence-electron chi connectivity index (χ4n) is 3.24. The Morgan fingerprint density at radius 1 is 1.14 bits per heavy atom. The maximum Gasteiger partial charge on any atom is 0.226 e. The average Bonchev–Trinajstić information content (AvgIpc) is 2.84. The van der Waals surface area contributed by atoms with Crippen LogP contribution >= 0.6 is 0 Å². The molecule has 1 amide bonds. The summed E-state index contributed by atoms with van der Waals surface area (Å²) >= 11 is 0. The van der Waals surface area contributed by atoms with E-state index < -0.39 is 11.6 Å². The number of carbonyl (C=O) groups excluding carboxylic acids is 1. The Labute approximate surface area is 163 Å². The molecule has 2 heterocycles. The summed E-state index contributed by atoms with van der Waals surface area (Å²) in [5, 5.41) is 2.88. The fraction of sp³-hybridized carbons (Fsp3) is 0.364. The topological polar surface area (TPSA) is 46.9 Å². The van der Waals surface area contributed by atoms with E-state index in [1.54, 1.807) is 0 Å². The number of fused-ring (bicyclic) bond motifs is 1. The smallest absolute Gasteiger partial charge is 0.226 e. The summed E-state index contributed by atoms with van der Waals surface area (Å²) < 4.78 is 30.0. The maximum absolute atomic E-state index is 14.1. The number of carbonyl (C=O) groups is 1. The van der Waals surface area contributed by atoms with E-state index in [1.165, 1.54) is 18.2 Å². The van der Waals surface area contributed by atoms with E-state index in [9.17, 15) is 13.6 Å². The molecule has 0 aliphatic carbocycles. The highest BCUT2D eigenvalue weighted by Gasteiger charge is 2.19. The molecular weight excluding hydrogens is 360 g/mol. The third-order valence-electron chi connectivity index (χ3n) is 4.61. The molecule has 3 aromatic rings. The molecule has 0 aliphatic heterocycles. The van der Waals surface area contributed by atoms with Gasteiger partial charge in [-0.25, -0.2) is 13.8 Å². The number of benzene rings is 1. The summed E-state index contributed by atoms with van der Waals surface area (Å²) in [5.41, 5.74) is 2.97. The van der Waals surface area contributed by atoms with Gasteiger partial charge in [0.15, 0.2) is 0 Å². The van der Waals surface area contributed by atoms with Gasteiger partial charge in [-0.15, -0.1) is 0 Å². The van der Waals surface area contributed by atoms with E-state index in [0.717, 1.165) is 16.8 Å². The van der Waals surface area contributed by atoms with Gasteiger partial charge in [-0.1, -0.05) is 26.8 Å². The number of aryl methyl sites for hydroxylation is 2. The number of pyridine rings is 1. The zero-order valence-corrected chi connectivity index (χ0v) is 16.9. The first-order chi connectivity index (χ1) is 13.0. The highest BCUT2D eigenvalue weighted by atomic mass is 19.1. The van der Waals surface area contributed by atoms with E-state index >= 15 is 0 Å². The first-order valence-corrected chi connectivity index (χ1v) is 9.25. The van der Waals surface area contributed by atoms with Crippen molar-refractivity contribution in [2.45, 2.75) is 47.6 Å². The van der Waals surface area contributed by atoms with Gasteiger partial charge in [-0.3, -0.25) is 4.79 Å². The quantitative estimate of drug-likeness (QED) is 0.658. The van der Waals surface area contributed by atoms with Gasteiger partial charge in [-0.2, -0.15) is 0 Å². The number of anilines is 1. The van der Waals surface area contributed by atoms with Crippen molar-refractivity contribution in [3.8, 4) is 0 Å². The van der Waals surface area contributed by atoms with E-state index in [1.807, 2.05) is 51.3 Å². The van der Waals surface area contributed by atoms with Crippen LogP contribution in [0.15, 0.2) is 30.3 Å². The zero-order valence-electron chi connectivity index (χ0n) is 16.9. The molecule has 2 aromatic heterocycles. The number of rotatable bonds is 4. The molecule has 28 heavy (non-hydrogen) atoms. The molecule has 3 rings (SSSR count). The molecular formula is C22H25F2N3O. The molecule has 1 aromatic carbocycles. The highest BCUT2D eigenvalue weighted by Crippen LogP contribution is 2.26. The van der Waals surface area contributed by atoms with Crippen molar-refractivity contribution in [3.63, 3.8) is 0 Å².